The summed E-state index contributed by atoms with van der Waals surface area (Å²) in [6.07, 6.45) is -5.70. The number of carbonyl (C=O) groups excluding carboxylic acids is 1. The molecule has 1 unspecified atom stereocenters. The summed E-state index contributed by atoms with van der Waals surface area (Å²) in [7, 11) is 3.03. The highest BCUT2D eigenvalue weighted by atomic mass is 35.5. The first-order valence-corrected chi connectivity index (χ1v) is 10.3. The van der Waals surface area contributed by atoms with Gasteiger partial charge in [-0.15, -0.1) is 0 Å². The van der Waals surface area contributed by atoms with Crippen molar-refractivity contribution >= 4 is 23.3 Å². The second-order valence-electron chi connectivity index (χ2n) is 7.64. The minimum absolute atomic E-state index is 0.0371. The van der Waals surface area contributed by atoms with E-state index in [0.29, 0.717) is 10.6 Å². The number of aromatic nitrogens is 2. The van der Waals surface area contributed by atoms with Crippen LogP contribution < -0.4 is 9.64 Å². The smallest absolute Gasteiger partial charge is 0.416 e. The first-order valence-electron chi connectivity index (χ1n) is 9.88. The van der Waals surface area contributed by atoms with Gasteiger partial charge in [0.2, 0.25) is 6.35 Å². The average Bonchev–Trinajstić information content (AvgIpc) is 3.14. The normalized spacial score (nSPS) is 16.2. The third kappa shape index (κ3) is 4.49. The molecule has 0 radical (unpaired) electrons. The number of carbonyl (C=O) groups is 1. The van der Waals surface area contributed by atoms with Gasteiger partial charge in [0.05, 0.1) is 12.1 Å². The van der Waals surface area contributed by atoms with E-state index in [1.165, 1.54) is 28.6 Å². The maximum Gasteiger partial charge on any atom is 0.416 e. The van der Waals surface area contributed by atoms with Crippen LogP contribution in [-0.2, 0) is 19.3 Å². The standard InChI is InChI=1S/C22H20ClF3N4O3/c1-28-18-17(19(31)29(2)21(28)32)30(11-13-6-8-16(23)9-7-13)20(27-18)33-12-14-4-3-5-15(10-14)22(24,25)26/h3-10,21,32H,11-12H2,1-2H3. The highest BCUT2D eigenvalue weighted by molar-refractivity contribution is 6.30. The Balaban J connectivity index is 1.71. The molecular weight excluding hydrogens is 461 g/mol. The minimum Gasteiger partial charge on any atom is -0.460 e. The predicted molar refractivity (Wildman–Crippen MR) is 115 cm³/mol. The fourth-order valence-corrected chi connectivity index (χ4v) is 3.66. The van der Waals surface area contributed by atoms with E-state index in [1.807, 2.05) is 0 Å². The molecule has 2 heterocycles. The van der Waals surface area contributed by atoms with Crippen molar-refractivity contribution in [2.24, 2.45) is 0 Å². The fraction of sp³-hybridized carbons (Fsp3) is 0.273. The zero-order chi connectivity index (χ0) is 23.9. The van der Waals surface area contributed by atoms with E-state index < -0.39 is 24.0 Å². The second kappa shape index (κ2) is 8.60. The van der Waals surface area contributed by atoms with Gasteiger partial charge in [-0.2, -0.15) is 18.2 Å². The molecule has 1 aliphatic heterocycles. The van der Waals surface area contributed by atoms with Crippen molar-refractivity contribution in [3.63, 3.8) is 0 Å². The molecular formula is C22H20ClF3N4O3. The molecule has 0 aliphatic carbocycles. The summed E-state index contributed by atoms with van der Waals surface area (Å²) in [4.78, 5) is 19.9. The molecule has 1 aromatic heterocycles. The number of benzene rings is 2. The summed E-state index contributed by atoms with van der Waals surface area (Å²) < 4.78 is 46.4. The number of imidazole rings is 1. The van der Waals surface area contributed by atoms with E-state index in [0.717, 1.165) is 22.6 Å². The van der Waals surface area contributed by atoms with Crippen LogP contribution >= 0.6 is 11.6 Å². The van der Waals surface area contributed by atoms with E-state index in [2.05, 4.69) is 4.98 Å². The van der Waals surface area contributed by atoms with Crippen LogP contribution in [0.2, 0.25) is 5.02 Å². The van der Waals surface area contributed by atoms with E-state index in [4.69, 9.17) is 16.3 Å². The van der Waals surface area contributed by atoms with Crippen molar-refractivity contribution in [2.45, 2.75) is 25.7 Å². The van der Waals surface area contributed by atoms with E-state index in [1.54, 1.807) is 31.3 Å². The second-order valence-corrected chi connectivity index (χ2v) is 8.08. The maximum absolute atomic E-state index is 13.0. The lowest BCUT2D eigenvalue weighted by molar-refractivity contribution is -0.137. The third-order valence-electron chi connectivity index (χ3n) is 5.34. The molecule has 33 heavy (non-hydrogen) atoms. The molecule has 1 amide bonds. The molecule has 1 atom stereocenters. The number of anilines is 1. The van der Waals surface area contributed by atoms with Crippen molar-refractivity contribution in [3.8, 4) is 6.01 Å². The Labute approximate surface area is 192 Å². The fourth-order valence-electron chi connectivity index (χ4n) is 3.53. The van der Waals surface area contributed by atoms with Gasteiger partial charge in [-0.05, 0) is 35.4 Å². The summed E-state index contributed by atoms with van der Waals surface area (Å²) in [6, 6.07) is 11.8. The molecule has 174 valence electrons. The van der Waals surface area contributed by atoms with Gasteiger partial charge >= 0.3 is 6.18 Å². The van der Waals surface area contributed by atoms with E-state index in [9.17, 15) is 23.1 Å². The van der Waals surface area contributed by atoms with E-state index >= 15 is 0 Å². The number of alkyl halides is 3. The Kier molecular flexibility index (Phi) is 5.98. The summed E-state index contributed by atoms with van der Waals surface area (Å²) in [5.74, 6) is -0.260. The Hall–Kier alpha value is -3.24. The molecule has 1 aliphatic rings. The largest absolute Gasteiger partial charge is 0.460 e. The number of halogens is 4. The van der Waals surface area contributed by atoms with Crippen LogP contribution in [-0.4, -0.2) is 45.9 Å². The molecule has 7 nitrogen and oxygen atoms in total. The van der Waals surface area contributed by atoms with Crippen molar-refractivity contribution in [3.05, 3.63) is 75.9 Å². The van der Waals surface area contributed by atoms with Crippen molar-refractivity contribution in [1.82, 2.24) is 14.5 Å². The monoisotopic (exact) mass is 480 g/mol. The first-order chi connectivity index (χ1) is 15.6. The highest BCUT2D eigenvalue weighted by Crippen LogP contribution is 2.33. The van der Waals surface area contributed by atoms with Gasteiger partial charge in [0.15, 0.2) is 11.5 Å². The summed E-state index contributed by atoms with van der Waals surface area (Å²) >= 11 is 5.96. The minimum atomic E-state index is -4.47. The number of hydrogen-bond acceptors (Lipinski definition) is 5. The van der Waals surface area contributed by atoms with Crippen LogP contribution in [0.15, 0.2) is 48.5 Å². The van der Waals surface area contributed by atoms with Gasteiger partial charge in [0.25, 0.3) is 11.9 Å². The molecule has 0 bridgehead atoms. The van der Waals surface area contributed by atoms with Gasteiger partial charge < -0.3 is 14.7 Å². The van der Waals surface area contributed by atoms with Gasteiger partial charge in [-0.1, -0.05) is 35.9 Å². The van der Waals surface area contributed by atoms with Crippen LogP contribution in [0.3, 0.4) is 0 Å². The average molecular weight is 481 g/mol. The number of aliphatic hydroxyl groups excluding tert-OH is 1. The molecule has 0 saturated carbocycles. The number of nitrogens with zero attached hydrogens (tertiary/aromatic N) is 4. The quantitative estimate of drug-likeness (QED) is 0.598. The highest BCUT2D eigenvalue weighted by Gasteiger charge is 2.38. The number of rotatable bonds is 5. The summed E-state index contributed by atoms with van der Waals surface area (Å²) in [5, 5.41) is 10.9. The molecule has 0 saturated heterocycles. The zero-order valence-electron chi connectivity index (χ0n) is 17.7. The Bertz CT molecular complexity index is 1180. The maximum atomic E-state index is 13.0. The van der Waals surface area contributed by atoms with Gasteiger partial charge in [0.1, 0.15) is 6.61 Å². The molecule has 11 heteroatoms. The molecule has 3 aromatic rings. The summed E-state index contributed by atoms with van der Waals surface area (Å²) in [6.45, 7) is -0.00231. The lowest BCUT2D eigenvalue weighted by Gasteiger charge is -2.36. The number of amides is 1. The zero-order valence-corrected chi connectivity index (χ0v) is 18.4. The van der Waals surface area contributed by atoms with Crippen LogP contribution in [0.4, 0.5) is 19.0 Å². The Morgan fingerprint density at radius 1 is 1.09 bits per heavy atom. The summed E-state index contributed by atoms with van der Waals surface area (Å²) in [5.41, 5.74) is 0.500. The van der Waals surface area contributed by atoms with Crippen LogP contribution in [0.25, 0.3) is 0 Å². The SMILES string of the molecule is CN1C(=O)c2c(nc(OCc3cccc(C(F)(F)F)c3)n2Cc2ccc(Cl)cc2)N(C)C1O. The van der Waals surface area contributed by atoms with Gasteiger partial charge in [-0.25, -0.2) is 0 Å². The van der Waals surface area contributed by atoms with Crippen molar-refractivity contribution in [1.29, 1.82) is 0 Å². The van der Waals surface area contributed by atoms with Gasteiger partial charge in [-0.3, -0.25) is 14.3 Å². The number of aliphatic hydroxyl groups is 1. The Morgan fingerprint density at radius 2 is 1.79 bits per heavy atom. The van der Waals surface area contributed by atoms with E-state index in [-0.39, 0.29) is 30.7 Å². The number of fused-ring (bicyclic) bond motifs is 1. The molecule has 4 rings (SSSR count). The Morgan fingerprint density at radius 3 is 2.45 bits per heavy atom. The molecule has 2 aromatic carbocycles. The van der Waals surface area contributed by atoms with Crippen LogP contribution in [0.5, 0.6) is 6.01 Å². The van der Waals surface area contributed by atoms with Crippen LogP contribution in [0, 0.1) is 0 Å². The van der Waals surface area contributed by atoms with Crippen molar-refractivity contribution in [2.75, 3.05) is 19.0 Å². The number of hydrogen-bond donors (Lipinski definition) is 1. The topological polar surface area (TPSA) is 70.8 Å². The van der Waals surface area contributed by atoms with Crippen LogP contribution in [0.1, 0.15) is 27.2 Å². The van der Waals surface area contributed by atoms with Gasteiger partial charge in [0, 0.05) is 19.1 Å². The predicted octanol–water partition coefficient (Wildman–Crippen LogP) is 3.98. The third-order valence-corrected chi connectivity index (χ3v) is 5.59. The molecule has 0 spiro atoms. The lowest BCUT2D eigenvalue weighted by Crippen LogP contribution is -2.52. The molecule has 1 N–H and O–H groups in total. The number of ether oxygens (including phenoxy) is 1. The van der Waals surface area contributed by atoms with Crippen molar-refractivity contribution < 1.29 is 27.8 Å². The molecule has 0 fully saturated rings. The first kappa shape index (κ1) is 22.9. The lowest BCUT2D eigenvalue weighted by atomic mass is 10.1.